The molecule has 0 aromatic heterocycles. The minimum absolute atomic E-state index is 0.0972. The molecule has 0 radical (unpaired) electrons. The van der Waals surface area contributed by atoms with Gasteiger partial charge in [0.05, 0.1) is 6.61 Å². The number of hydroxylamine groups is 1. The first-order valence-corrected chi connectivity index (χ1v) is 8.22. The number of hydrogen-bond donors (Lipinski definition) is 1. The Morgan fingerprint density at radius 3 is 2.36 bits per heavy atom. The molecule has 2 rings (SSSR count). The molecule has 0 spiro atoms. The zero-order chi connectivity index (χ0) is 16.0. The fraction of sp³-hybridized carbons (Fsp3) is 0.611. The van der Waals surface area contributed by atoms with Crippen LogP contribution in [-0.2, 0) is 10.3 Å². The molecule has 22 heavy (non-hydrogen) atoms. The Morgan fingerprint density at radius 1 is 1.14 bits per heavy atom. The van der Waals surface area contributed by atoms with Gasteiger partial charge in [0.2, 0.25) is 0 Å². The average molecular weight is 304 g/mol. The number of benzene rings is 1. The number of hydrogen-bond acceptors (Lipinski definition) is 3. The maximum atomic E-state index is 12.0. The molecule has 1 aromatic carbocycles. The summed E-state index contributed by atoms with van der Waals surface area (Å²) >= 11 is 0. The summed E-state index contributed by atoms with van der Waals surface area (Å²) in [7, 11) is 0. The Hall–Kier alpha value is -1.39. The number of nitrogens with zero attached hydrogens (tertiary/aromatic N) is 1. The standard InChI is InChI=1S/C18H28N2O2/c1-18(2,3)16-9-7-15(8-10-16)17(21)19-22-14-13-20-11-5-4-6-12-20/h7-10H,4-6,11-14H2,1-3H3,(H,19,21). The Kier molecular flexibility index (Phi) is 5.98. The van der Waals surface area contributed by atoms with Gasteiger partial charge in [-0.15, -0.1) is 0 Å². The summed E-state index contributed by atoms with van der Waals surface area (Å²) in [5, 5.41) is 0. The van der Waals surface area contributed by atoms with Gasteiger partial charge in [0.1, 0.15) is 0 Å². The van der Waals surface area contributed by atoms with Crippen molar-refractivity contribution in [2.45, 2.75) is 45.4 Å². The van der Waals surface area contributed by atoms with Crippen molar-refractivity contribution in [1.29, 1.82) is 0 Å². The van der Waals surface area contributed by atoms with Crippen LogP contribution in [-0.4, -0.2) is 37.0 Å². The van der Waals surface area contributed by atoms with Crippen LogP contribution < -0.4 is 5.48 Å². The number of carbonyl (C=O) groups excluding carboxylic acids is 1. The predicted octanol–water partition coefficient (Wildman–Crippen LogP) is 3.13. The van der Waals surface area contributed by atoms with Crippen LogP contribution in [0.25, 0.3) is 0 Å². The summed E-state index contributed by atoms with van der Waals surface area (Å²) in [6.07, 6.45) is 3.87. The van der Waals surface area contributed by atoms with E-state index >= 15 is 0 Å². The third-order valence-corrected chi connectivity index (χ3v) is 4.14. The van der Waals surface area contributed by atoms with E-state index in [0.717, 1.165) is 19.6 Å². The topological polar surface area (TPSA) is 41.6 Å². The first kappa shape index (κ1) is 17.0. The molecular formula is C18H28N2O2. The largest absolute Gasteiger partial charge is 0.301 e. The van der Waals surface area contributed by atoms with E-state index in [1.54, 1.807) is 0 Å². The first-order chi connectivity index (χ1) is 10.5. The molecule has 4 nitrogen and oxygen atoms in total. The quantitative estimate of drug-likeness (QED) is 0.671. The number of amides is 1. The van der Waals surface area contributed by atoms with Gasteiger partial charge in [0.25, 0.3) is 5.91 Å². The van der Waals surface area contributed by atoms with Crippen LogP contribution in [0.1, 0.15) is 56.0 Å². The average Bonchev–Trinajstić information content (AvgIpc) is 2.52. The molecule has 1 N–H and O–H groups in total. The maximum absolute atomic E-state index is 12.0. The normalized spacial score (nSPS) is 16.5. The highest BCUT2D eigenvalue weighted by atomic mass is 16.6. The van der Waals surface area contributed by atoms with Gasteiger partial charge >= 0.3 is 0 Å². The molecular weight excluding hydrogens is 276 g/mol. The Morgan fingerprint density at radius 2 is 1.77 bits per heavy atom. The monoisotopic (exact) mass is 304 g/mol. The van der Waals surface area contributed by atoms with Crippen molar-refractivity contribution in [2.24, 2.45) is 0 Å². The molecule has 1 amide bonds. The van der Waals surface area contributed by atoms with Crippen molar-refractivity contribution < 1.29 is 9.63 Å². The summed E-state index contributed by atoms with van der Waals surface area (Å²) in [6, 6.07) is 7.71. The lowest BCUT2D eigenvalue weighted by molar-refractivity contribution is 0.0206. The summed E-state index contributed by atoms with van der Waals surface area (Å²) in [4.78, 5) is 19.7. The van der Waals surface area contributed by atoms with Crippen LogP contribution in [0.2, 0.25) is 0 Å². The Labute approximate surface area is 133 Å². The lowest BCUT2D eigenvalue weighted by atomic mass is 9.87. The fourth-order valence-corrected chi connectivity index (χ4v) is 2.65. The van der Waals surface area contributed by atoms with E-state index < -0.39 is 0 Å². The zero-order valence-electron chi connectivity index (χ0n) is 14.0. The van der Waals surface area contributed by atoms with Crippen molar-refractivity contribution >= 4 is 5.91 Å². The van der Waals surface area contributed by atoms with Crippen LogP contribution in [0.4, 0.5) is 0 Å². The highest BCUT2D eigenvalue weighted by molar-refractivity contribution is 5.93. The number of rotatable bonds is 5. The molecule has 1 heterocycles. The summed E-state index contributed by atoms with van der Waals surface area (Å²) in [5.41, 5.74) is 4.48. The highest BCUT2D eigenvalue weighted by Gasteiger charge is 2.14. The van der Waals surface area contributed by atoms with Crippen molar-refractivity contribution in [3.8, 4) is 0 Å². The number of likely N-dealkylation sites (tertiary alicyclic amines) is 1. The molecule has 1 fully saturated rings. The first-order valence-electron chi connectivity index (χ1n) is 8.22. The smallest absolute Gasteiger partial charge is 0.274 e. The molecule has 1 aliphatic heterocycles. The molecule has 1 saturated heterocycles. The minimum atomic E-state index is -0.181. The SMILES string of the molecule is CC(C)(C)c1ccc(C(=O)NOCCN2CCCCC2)cc1. The molecule has 1 aliphatic rings. The Bertz CT molecular complexity index is 471. The summed E-state index contributed by atoms with van der Waals surface area (Å²) in [6.45, 7) is 10.2. The fourth-order valence-electron chi connectivity index (χ4n) is 2.65. The van der Waals surface area contributed by atoms with Gasteiger partial charge in [0, 0.05) is 12.1 Å². The maximum Gasteiger partial charge on any atom is 0.274 e. The van der Waals surface area contributed by atoms with E-state index in [2.05, 4.69) is 31.2 Å². The van der Waals surface area contributed by atoms with Crippen molar-refractivity contribution in [2.75, 3.05) is 26.2 Å². The van der Waals surface area contributed by atoms with E-state index in [1.807, 2.05) is 24.3 Å². The minimum Gasteiger partial charge on any atom is -0.301 e. The van der Waals surface area contributed by atoms with Crippen LogP contribution in [0.5, 0.6) is 0 Å². The summed E-state index contributed by atoms with van der Waals surface area (Å²) < 4.78 is 0. The Balaban J connectivity index is 1.72. The van der Waals surface area contributed by atoms with Crippen molar-refractivity contribution in [3.63, 3.8) is 0 Å². The molecule has 1 aromatic rings. The van der Waals surface area contributed by atoms with Crippen molar-refractivity contribution in [1.82, 2.24) is 10.4 Å². The number of carbonyl (C=O) groups is 1. The van der Waals surface area contributed by atoms with E-state index in [1.165, 1.54) is 24.8 Å². The second kappa shape index (κ2) is 7.75. The van der Waals surface area contributed by atoms with Crippen LogP contribution in [0.15, 0.2) is 24.3 Å². The third-order valence-electron chi connectivity index (χ3n) is 4.14. The molecule has 0 bridgehead atoms. The van der Waals surface area contributed by atoms with Gasteiger partial charge in [-0.25, -0.2) is 5.48 Å². The number of nitrogens with one attached hydrogen (secondary N) is 1. The number of piperidine rings is 1. The molecule has 122 valence electrons. The third kappa shape index (κ3) is 5.11. The van der Waals surface area contributed by atoms with E-state index in [9.17, 15) is 4.79 Å². The lowest BCUT2D eigenvalue weighted by Gasteiger charge is -2.25. The summed E-state index contributed by atoms with van der Waals surface area (Å²) in [5.74, 6) is -0.181. The predicted molar refractivity (Wildman–Crippen MR) is 88.9 cm³/mol. The van der Waals surface area contributed by atoms with Crippen LogP contribution >= 0.6 is 0 Å². The molecule has 0 atom stereocenters. The van der Waals surface area contributed by atoms with Gasteiger partial charge in [-0.2, -0.15) is 0 Å². The van der Waals surface area contributed by atoms with Gasteiger partial charge in [-0.3, -0.25) is 9.63 Å². The van der Waals surface area contributed by atoms with Crippen LogP contribution in [0, 0.1) is 0 Å². The lowest BCUT2D eigenvalue weighted by Crippen LogP contribution is -2.35. The van der Waals surface area contributed by atoms with Gasteiger partial charge in [-0.1, -0.05) is 39.3 Å². The van der Waals surface area contributed by atoms with E-state index in [0.29, 0.717) is 12.2 Å². The molecule has 4 heteroatoms. The highest BCUT2D eigenvalue weighted by Crippen LogP contribution is 2.22. The van der Waals surface area contributed by atoms with E-state index in [-0.39, 0.29) is 11.3 Å². The molecule has 0 saturated carbocycles. The van der Waals surface area contributed by atoms with Crippen LogP contribution in [0.3, 0.4) is 0 Å². The molecule has 0 aliphatic carbocycles. The second-order valence-electron chi connectivity index (χ2n) is 7.01. The zero-order valence-corrected chi connectivity index (χ0v) is 14.0. The van der Waals surface area contributed by atoms with E-state index in [4.69, 9.17) is 4.84 Å². The van der Waals surface area contributed by atoms with Gasteiger partial charge in [0.15, 0.2) is 0 Å². The molecule has 0 unspecified atom stereocenters. The van der Waals surface area contributed by atoms with Crippen molar-refractivity contribution in [3.05, 3.63) is 35.4 Å². The van der Waals surface area contributed by atoms with Gasteiger partial charge in [-0.05, 0) is 49.0 Å². The second-order valence-corrected chi connectivity index (χ2v) is 7.01. The van der Waals surface area contributed by atoms with Gasteiger partial charge < -0.3 is 4.90 Å².